The van der Waals surface area contributed by atoms with E-state index in [4.69, 9.17) is 14.6 Å². The average molecular weight is 561 g/mol. The molecular weight excluding hydrogens is 508 g/mol. The van der Waals surface area contributed by atoms with Crippen LogP contribution in [0.3, 0.4) is 0 Å². The third-order valence-electron chi connectivity index (χ3n) is 8.68. The van der Waals surface area contributed by atoms with Gasteiger partial charge in [0.25, 0.3) is 0 Å². The summed E-state index contributed by atoms with van der Waals surface area (Å²) in [7, 11) is 0. The van der Waals surface area contributed by atoms with E-state index in [1.54, 1.807) is 17.1 Å². The van der Waals surface area contributed by atoms with Crippen molar-refractivity contribution in [2.45, 2.75) is 116 Å². The molecule has 40 heavy (non-hydrogen) atoms. The summed E-state index contributed by atoms with van der Waals surface area (Å²) >= 11 is 0. The van der Waals surface area contributed by atoms with Gasteiger partial charge in [-0.1, -0.05) is 45.8 Å². The van der Waals surface area contributed by atoms with Crippen molar-refractivity contribution in [2.75, 3.05) is 26.3 Å². The molecule has 2 bridgehead atoms. The molecule has 3 rings (SSSR count). The smallest absolute Gasteiger partial charge is 0.312 e. The van der Waals surface area contributed by atoms with Crippen LogP contribution < -0.4 is 0 Å². The molecule has 3 heterocycles. The number of rotatable bonds is 16. The molecule has 1 N–H and O–H groups in total. The van der Waals surface area contributed by atoms with Crippen molar-refractivity contribution in [1.29, 1.82) is 0 Å². The zero-order chi connectivity index (χ0) is 29.7. The van der Waals surface area contributed by atoms with E-state index in [9.17, 15) is 14.4 Å². The lowest BCUT2D eigenvalue weighted by molar-refractivity contribution is -0.156. The van der Waals surface area contributed by atoms with E-state index in [2.05, 4.69) is 47.8 Å². The van der Waals surface area contributed by atoms with Gasteiger partial charge in [-0.2, -0.15) is 0 Å². The van der Waals surface area contributed by atoms with Crippen molar-refractivity contribution >= 4 is 17.8 Å². The number of likely N-dealkylation sites (tertiary alicyclic amines) is 1. The lowest BCUT2D eigenvalue weighted by Crippen LogP contribution is -2.61. The van der Waals surface area contributed by atoms with Crippen LogP contribution in [0.2, 0.25) is 0 Å². The summed E-state index contributed by atoms with van der Waals surface area (Å²) < 4.78 is 12.2. The molecule has 0 aromatic heterocycles. The molecule has 0 aromatic carbocycles. The van der Waals surface area contributed by atoms with Crippen LogP contribution in [0.4, 0.5) is 0 Å². The van der Waals surface area contributed by atoms with Gasteiger partial charge in [0.1, 0.15) is 11.6 Å². The SMILES string of the molecule is C=CCCCOC(=O)[C@@H]1[C@@H]2CCC3(O2)C(C(=O)N(CC=C)C(C)(C)CC(C)(C)C)N(CCCCCCO)C(=O)[C@H]13. The molecule has 5 atom stereocenters. The molecule has 2 amide bonds. The van der Waals surface area contributed by atoms with Crippen molar-refractivity contribution < 1.29 is 29.0 Å². The van der Waals surface area contributed by atoms with Crippen molar-refractivity contribution in [3.05, 3.63) is 25.3 Å². The second-order valence-electron chi connectivity index (χ2n) is 13.6. The molecule has 3 aliphatic heterocycles. The van der Waals surface area contributed by atoms with E-state index in [-0.39, 0.29) is 30.4 Å². The van der Waals surface area contributed by atoms with Crippen LogP contribution in [0.15, 0.2) is 25.3 Å². The number of aliphatic hydroxyl groups is 1. The van der Waals surface area contributed by atoms with Crippen LogP contribution in [-0.4, -0.2) is 82.3 Å². The van der Waals surface area contributed by atoms with Gasteiger partial charge in [0.05, 0.1) is 24.5 Å². The first-order chi connectivity index (χ1) is 18.8. The fraction of sp³-hybridized carbons (Fsp3) is 0.781. The lowest BCUT2D eigenvalue weighted by atomic mass is 9.70. The maximum absolute atomic E-state index is 14.7. The van der Waals surface area contributed by atoms with Gasteiger partial charge in [-0.05, 0) is 64.2 Å². The third-order valence-corrected chi connectivity index (χ3v) is 8.68. The summed E-state index contributed by atoms with van der Waals surface area (Å²) in [4.78, 5) is 45.7. The Morgan fingerprint density at radius 2 is 1.82 bits per heavy atom. The molecule has 8 nitrogen and oxygen atoms in total. The Labute approximate surface area is 241 Å². The molecular formula is C32H52N2O6. The van der Waals surface area contributed by atoms with Gasteiger partial charge in [-0.3, -0.25) is 14.4 Å². The number of esters is 1. The summed E-state index contributed by atoms with van der Waals surface area (Å²) in [6.45, 7) is 19.4. The molecule has 1 spiro atoms. The number of amides is 2. The zero-order valence-corrected chi connectivity index (χ0v) is 25.5. The normalized spacial score (nSPS) is 27.6. The van der Waals surface area contributed by atoms with Crippen LogP contribution >= 0.6 is 0 Å². The fourth-order valence-electron chi connectivity index (χ4n) is 7.49. The topological polar surface area (TPSA) is 96.4 Å². The van der Waals surface area contributed by atoms with E-state index < -0.39 is 41.1 Å². The lowest BCUT2D eigenvalue weighted by Gasteiger charge is -2.45. The maximum Gasteiger partial charge on any atom is 0.312 e. The molecule has 3 aliphatic rings. The second-order valence-corrected chi connectivity index (χ2v) is 13.6. The monoisotopic (exact) mass is 560 g/mol. The van der Waals surface area contributed by atoms with Gasteiger partial charge >= 0.3 is 5.97 Å². The zero-order valence-electron chi connectivity index (χ0n) is 25.5. The molecule has 2 unspecified atom stereocenters. The standard InChI is InChI=1S/C32H52N2O6/c1-8-10-15-21-39-29(38)24-23-16-17-32(40-23)25(24)27(36)33(19-13-11-12-14-20-35)26(32)28(37)34(18-9-2)31(6,7)22-30(3,4)5/h8-9,23-26,35H,1-2,10-22H2,3-7H3/t23-,24+,25-,26?,32?/m0/s1. The highest BCUT2D eigenvalue weighted by Gasteiger charge is 2.75. The molecule has 8 heteroatoms. The fourth-order valence-corrected chi connectivity index (χ4v) is 7.49. The van der Waals surface area contributed by atoms with Gasteiger partial charge in [-0.15, -0.1) is 13.2 Å². The minimum absolute atomic E-state index is 0.0231. The van der Waals surface area contributed by atoms with Crippen molar-refractivity contribution in [3.63, 3.8) is 0 Å². The number of hydrogen-bond acceptors (Lipinski definition) is 6. The minimum Gasteiger partial charge on any atom is -0.465 e. The van der Waals surface area contributed by atoms with Gasteiger partial charge in [0.15, 0.2) is 0 Å². The largest absolute Gasteiger partial charge is 0.465 e. The van der Waals surface area contributed by atoms with Gasteiger partial charge in [0, 0.05) is 25.2 Å². The molecule has 0 radical (unpaired) electrons. The molecule has 0 aromatic rings. The van der Waals surface area contributed by atoms with E-state index in [1.807, 2.05) is 4.90 Å². The molecule has 3 fully saturated rings. The van der Waals surface area contributed by atoms with Crippen LogP contribution in [0.1, 0.15) is 92.4 Å². The number of aliphatic hydroxyl groups excluding tert-OH is 1. The van der Waals surface area contributed by atoms with E-state index >= 15 is 0 Å². The number of carbonyl (C=O) groups excluding carboxylic acids is 3. The predicted molar refractivity (Wildman–Crippen MR) is 155 cm³/mol. The Morgan fingerprint density at radius 3 is 2.45 bits per heavy atom. The van der Waals surface area contributed by atoms with Crippen molar-refractivity contribution in [2.24, 2.45) is 17.3 Å². The second kappa shape index (κ2) is 13.2. The van der Waals surface area contributed by atoms with Gasteiger partial charge in [-0.25, -0.2) is 0 Å². The van der Waals surface area contributed by atoms with Crippen LogP contribution in [0.25, 0.3) is 0 Å². The predicted octanol–water partition coefficient (Wildman–Crippen LogP) is 4.65. The van der Waals surface area contributed by atoms with Crippen LogP contribution in [-0.2, 0) is 23.9 Å². The van der Waals surface area contributed by atoms with E-state index in [1.165, 1.54) is 0 Å². The number of hydrogen-bond donors (Lipinski definition) is 1. The summed E-state index contributed by atoms with van der Waals surface area (Å²) in [5, 5.41) is 9.17. The first kappa shape index (κ1) is 32.3. The minimum atomic E-state index is -1.04. The molecule has 0 aliphatic carbocycles. The van der Waals surface area contributed by atoms with Crippen molar-refractivity contribution in [3.8, 4) is 0 Å². The molecule has 226 valence electrons. The first-order valence-electron chi connectivity index (χ1n) is 15.1. The highest BCUT2D eigenvalue weighted by molar-refractivity contribution is 5.98. The maximum atomic E-state index is 14.7. The van der Waals surface area contributed by atoms with Crippen LogP contribution in [0.5, 0.6) is 0 Å². The summed E-state index contributed by atoms with van der Waals surface area (Å²) in [6.07, 6.45) is 9.60. The van der Waals surface area contributed by atoms with Crippen molar-refractivity contribution in [1.82, 2.24) is 9.80 Å². The van der Waals surface area contributed by atoms with E-state index in [0.717, 1.165) is 25.7 Å². The highest BCUT2D eigenvalue weighted by Crippen LogP contribution is 2.59. The van der Waals surface area contributed by atoms with Gasteiger partial charge < -0.3 is 24.4 Å². The number of nitrogens with zero attached hydrogens (tertiary/aromatic N) is 2. The third kappa shape index (κ3) is 6.64. The Bertz CT molecular complexity index is 940. The molecule has 3 saturated heterocycles. The average Bonchev–Trinajstić information content (AvgIpc) is 3.50. The number of unbranched alkanes of at least 4 members (excludes halogenated alkanes) is 4. The Balaban J connectivity index is 1.95. The van der Waals surface area contributed by atoms with Crippen LogP contribution in [0, 0.1) is 17.3 Å². The summed E-state index contributed by atoms with van der Waals surface area (Å²) in [5.74, 6) is -2.14. The Morgan fingerprint density at radius 1 is 1.12 bits per heavy atom. The number of fused-ring (bicyclic) bond motifs is 1. The Kier molecular flexibility index (Phi) is 10.7. The number of carbonyl (C=O) groups is 3. The first-order valence-corrected chi connectivity index (χ1v) is 15.1. The molecule has 0 saturated carbocycles. The Hall–Kier alpha value is -2.19. The highest BCUT2D eigenvalue weighted by atomic mass is 16.6. The van der Waals surface area contributed by atoms with E-state index in [0.29, 0.717) is 45.2 Å². The van der Waals surface area contributed by atoms with Gasteiger partial charge in [0.2, 0.25) is 11.8 Å². The summed E-state index contributed by atoms with van der Waals surface area (Å²) in [5.41, 5.74) is -1.55. The quantitative estimate of drug-likeness (QED) is 0.168. The summed E-state index contributed by atoms with van der Waals surface area (Å²) in [6, 6.07) is -0.800. The number of ether oxygens (including phenoxy) is 2. The number of allylic oxidation sites excluding steroid dienone is 1.